The minimum absolute atomic E-state index is 0.944. The molecule has 0 bridgehead atoms. The van der Waals surface area contributed by atoms with Crippen LogP contribution in [0.2, 0.25) is 0 Å². The van der Waals surface area contributed by atoms with E-state index in [0.717, 1.165) is 22.6 Å². The smallest absolute Gasteiger partial charge is 0.137 e. The molecule has 99 valence electrons. The molecule has 0 aliphatic carbocycles. The first-order valence-corrected chi connectivity index (χ1v) is 6.92. The van der Waals surface area contributed by atoms with Gasteiger partial charge < -0.3 is 0 Å². The first kappa shape index (κ1) is 11.9. The Kier molecular flexibility index (Phi) is 2.79. The number of benzene rings is 2. The van der Waals surface area contributed by atoms with Gasteiger partial charge in [0.15, 0.2) is 0 Å². The third-order valence-electron chi connectivity index (χ3n) is 3.55. The monoisotopic (exact) mass is 269 g/mol. The number of nitrogens with zero attached hydrogens (tertiary/aromatic N) is 2. The van der Waals surface area contributed by atoms with Crippen molar-refractivity contribution in [2.75, 3.05) is 0 Å². The molecular formula is C19H13N2. The summed E-state index contributed by atoms with van der Waals surface area (Å²) in [6.07, 6.45) is 2.07. The summed E-state index contributed by atoms with van der Waals surface area (Å²) in [7, 11) is 0. The Labute approximate surface area is 123 Å². The van der Waals surface area contributed by atoms with Gasteiger partial charge in [0.2, 0.25) is 0 Å². The highest BCUT2D eigenvalue weighted by molar-refractivity contribution is 5.68. The fraction of sp³-hybridized carbons (Fsp3) is 0. The number of rotatable bonds is 2. The molecule has 4 rings (SSSR count). The van der Waals surface area contributed by atoms with Gasteiger partial charge in [-0.05, 0) is 23.8 Å². The van der Waals surface area contributed by atoms with Crippen LogP contribution in [0.25, 0.3) is 28.2 Å². The number of aromatic nitrogens is 2. The van der Waals surface area contributed by atoms with Crippen LogP contribution in [0.4, 0.5) is 0 Å². The normalized spacial score (nSPS) is 10.9. The maximum Gasteiger partial charge on any atom is 0.137 e. The standard InChI is InChI=1S/C19H13N2/c1-3-8-15(9-4-1)17-14-21-18(12-7-13-19(21)20-17)16-10-5-2-6-11-16/h1-8,10-14H. The molecule has 0 saturated heterocycles. The van der Waals surface area contributed by atoms with E-state index in [-0.39, 0.29) is 0 Å². The van der Waals surface area contributed by atoms with Crippen molar-refractivity contribution in [2.45, 2.75) is 0 Å². The Hall–Kier alpha value is -2.87. The quantitative estimate of drug-likeness (QED) is 0.525. The van der Waals surface area contributed by atoms with Crippen LogP contribution in [-0.2, 0) is 0 Å². The fourth-order valence-corrected chi connectivity index (χ4v) is 2.54. The van der Waals surface area contributed by atoms with E-state index < -0.39 is 0 Å². The largest absolute Gasteiger partial charge is 0.299 e. The Morgan fingerprint density at radius 2 is 1.67 bits per heavy atom. The minimum Gasteiger partial charge on any atom is -0.299 e. The minimum atomic E-state index is 0.944. The van der Waals surface area contributed by atoms with Crippen LogP contribution < -0.4 is 0 Å². The molecule has 0 saturated carbocycles. The molecule has 4 aromatic rings. The van der Waals surface area contributed by atoms with E-state index in [1.54, 1.807) is 0 Å². The molecule has 21 heavy (non-hydrogen) atoms. The molecule has 0 N–H and O–H groups in total. The molecule has 1 radical (unpaired) electrons. The number of imidazole rings is 1. The molecule has 0 fully saturated rings. The number of hydrogen-bond acceptors (Lipinski definition) is 1. The van der Waals surface area contributed by atoms with Crippen molar-refractivity contribution in [1.29, 1.82) is 0 Å². The van der Waals surface area contributed by atoms with Crippen molar-refractivity contribution in [3.8, 4) is 22.5 Å². The van der Waals surface area contributed by atoms with Gasteiger partial charge in [-0.25, -0.2) is 4.98 Å². The van der Waals surface area contributed by atoms with Gasteiger partial charge in [0.1, 0.15) is 5.65 Å². The topological polar surface area (TPSA) is 17.3 Å². The highest BCUT2D eigenvalue weighted by atomic mass is 15.0. The second-order valence-corrected chi connectivity index (χ2v) is 4.91. The van der Waals surface area contributed by atoms with Crippen LogP contribution in [0.3, 0.4) is 0 Å². The van der Waals surface area contributed by atoms with Gasteiger partial charge in [0.25, 0.3) is 0 Å². The molecular weight excluding hydrogens is 256 g/mol. The molecule has 2 heteroatoms. The number of fused-ring (bicyclic) bond motifs is 1. The van der Waals surface area contributed by atoms with Crippen LogP contribution >= 0.6 is 0 Å². The fourth-order valence-electron chi connectivity index (χ4n) is 2.54. The lowest BCUT2D eigenvalue weighted by Gasteiger charge is -2.04. The molecule has 2 aromatic carbocycles. The molecule has 0 unspecified atom stereocenters. The molecule has 0 atom stereocenters. The van der Waals surface area contributed by atoms with E-state index >= 15 is 0 Å². The Morgan fingerprint density at radius 1 is 0.810 bits per heavy atom. The van der Waals surface area contributed by atoms with E-state index in [4.69, 9.17) is 4.98 Å². The maximum atomic E-state index is 4.70. The predicted octanol–water partition coefficient (Wildman–Crippen LogP) is 4.47. The van der Waals surface area contributed by atoms with Crippen molar-refractivity contribution in [3.05, 3.63) is 85.1 Å². The predicted molar refractivity (Wildman–Crippen MR) is 84.9 cm³/mol. The van der Waals surface area contributed by atoms with Crippen LogP contribution in [0.1, 0.15) is 0 Å². The van der Waals surface area contributed by atoms with E-state index in [9.17, 15) is 0 Å². The number of pyridine rings is 1. The highest BCUT2D eigenvalue weighted by Gasteiger charge is 2.08. The van der Waals surface area contributed by atoms with E-state index in [1.165, 1.54) is 5.56 Å². The summed E-state index contributed by atoms with van der Waals surface area (Å²) < 4.78 is 2.13. The third kappa shape index (κ3) is 2.11. The summed E-state index contributed by atoms with van der Waals surface area (Å²) in [5.74, 6) is 0. The second kappa shape index (κ2) is 4.91. The van der Waals surface area contributed by atoms with Gasteiger partial charge in [0, 0.05) is 11.8 Å². The summed E-state index contributed by atoms with van der Waals surface area (Å²) in [6, 6.07) is 27.7. The zero-order valence-electron chi connectivity index (χ0n) is 11.4. The van der Waals surface area contributed by atoms with Crippen molar-refractivity contribution in [1.82, 2.24) is 9.38 Å². The van der Waals surface area contributed by atoms with Crippen LogP contribution in [-0.4, -0.2) is 9.38 Å². The van der Waals surface area contributed by atoms with E-state index in [0.29, 0.717) is 0 Å². The van der Waals surface area contributed by atoms with Crippen molar-refractivity contribution < 1.29 is 0 Å². The first-order chi connectivity index (χ1) is 10.4. The SMILES string of the molecule is [c]1ccccc1-c1cn2c(-c3ccccc3)cccc2n1. The lowest BCUT2D eigenvalue weighted by Crippen LogP contribution is -1.89. The van der Waals surface area contributed by atoms with Crippen LogP contribution in [0, 0.1) is 6.07 Å². The first-order valence-electron chi connectivity index (χ1n) is 6.92. The van der Waals surface area contributed by atoms with Gasteiger partial charge >= 0.3 is 0 Å². The van der Waals surface area contributed by atoms with Gasteiger partial charge in [-0.3, -0.25) is 4.40 Å². The zero-order valence-corrected chi connectivity index (χ0v) is 11.4. The van der Waals surface area contributed by atoms with Gasteiger partial charge in [-0.2, -0.15) is 0 Å². The van der Waals surface area contributed by atoms with Crippen molar-refractivity contribution in [2.24, 2.45) is 0 Å². The highest BCUT2D eigenvalue weighted by Crippen LogP contribution is 2.24. The number of hydrogen-bond donors (Lipinski definition) is 0. The lowest BCUT2D eigenvalue weighted by atomic mass is 10.1. The van der Waals surface area contributed by atoms with E-state index in [1.807, 2.05) is 42.5 Å². The Balaban J connectivity index is 1.93. The lowest BCUT2D eigenvalue weighted by molar-refractivity contribution is 1.19. The summed E-state index contributed by atoms with van der Waals surface area (Å²) in [5, 5.41) is 0. The average Bonchev–Trinajstić information content (AvgIpc) is 3.00. The average molecular weight is 269 g/mol. The summed E-state index contributed by atoms with van der Waals surface area (Å²) in [6.45, 7) is 0. The zero-order chi connectivity index (χ0) is 14.1. The molecule has 0 aliphatic rings. The summed E-state index contributed by atoms with van der Waals surface area (Å²) in [4.78, 5) is 4.70. The van der Waals surface area contributed by atoms with Crippen molar-refractivity contribution >= 4 is 5.65 Å². The summed E-state index contributed by atoms with van der Waals surface area (Å²) in [5.41, 5.74) is 5.23. The molecule has 0 amide bonds. The maximum absolute atomic E-state index is 4.70. The molecule has 0 aliphatic heterocycles. The second-order valence-electron chi connectivity index (χ2n) is 4.91. The van der Waals surface area contributed by atoms with Crippen molar-refractivity contribution in [3.63, 3.8) is 0 Å². The summed E-state index contributed by atoms with van der Waals surface area (Å²) >= 11 is 0. The molecule has 2 aromatic heterocycles. The Bertz CT molecular complexity index is 877. The van der Waals surface area contributed by atoms with Gasteiger partial charge in [-0.15, -0.1) is 0 Å². The van der Waals surface area contributed by atoms with Crippen LogP contribution in [0.15, 0.2) is 79.0 Å². The Morgan fingerprint density at radius 3 is 2.48 bits per heavy atom. The molecule has 2 nitrogen and oxygen atoms in total. The molecule has 0 spiro atoms. The molecule has 2 heterocycles. The van der Waals surface area contributed by atoms with Gasteiger partial charge in [0.05, 0.1) is 11.4 Å². The van der Waals surface area contributed by atoms with Gasteiger partial charge in [-0.1, -0.05) is 60.7 Å². The van der Waals surface area contributed by atoms with Crippen LogP contribution in [0.5, 0.6) is 0 Å². The van der Waals surface area contributed by atoms with E-state index in [2.05, 4.69) is 47.0 Å². The third-order valence-corrected chi connectivity index (χ3v) is 3.55.